The van der Waals surface area contributed by atoms with Gasteiger partial charge in [0.2, 0.25) is 0 Å². The molecule has 3 aromatic heterocycles. The minimum absolute atomic E-state index is 0.631. The lowest BCUT2D eigenvalue weighted by Gasteiger charge is -2.11. The summed E-state index contributed by atoms with van der Waals surface area (Å²) in [5.74, 6) is 2.78. The second-order valence-corrected chi connectivity index (χ2v) is 11.3. The number of nitrogens with zero attached hydrogens (tertiary/aromatic N) is 4. The lowest BCUT2D eigenvalue weighted by Crippen LogP contribution is -2.00. The molecule has 5 nitrogen and oxygen atoms in total. The molecule has 0 spiro atoms. The maximum Gasteiger partial charge on any atom is 0.164 e. The monoisotopic (exact) mass is 590 g/mol. The smallest absolute Gasteiger partial charge is 0.164 e. The van der Waals surface area contributed by atoms with E-state index in [-0.39, 0.29) is 0 Å². The van der Waals surface area contributed by atoms with E-state index in [1.165, 1.54) is 10.8 Å². The second kappa shape index (κ2) is 10.7. The minimum Gasteiger partial charge on any atom is -0.456 e. The van der Waals surface area contributed by atoms with Gasteiger partial charge < -0.3 is 8.98 Å². The van der Waals surface area contributed by atoms with E-state index in [2.05, 4.69) is 83.4 Å². The first-order chi connectivity index (χ1) is 22.8. The molecule has 0 N–H and O–H groups in total. The molecule has 0 amide bonds. The molecule has 0 aliphatic carbocycles. The van der Waals surface area contributed by atoms with E-state index in [1.807, 2.05) is 78.9 Å². The van der Waals surface area contributed by atoms with Crippen LogP contribution < -0.4 is 0 Å². The number of aromatic nitrogens is 4. The van der Waals surface area contributed by atoms with Crippen molar-refractivity contribution in [2.45, 2.75) is 0 Å². The van der Waals surface area contributed by atoms with Gasteiger partial charge >= 0.3 is 0 Å². The summed E-state index contributed by atoms with van der Waals surface area (Å²) in [6.07, 6.45) is 0. The van der Waals surface area contributed by atoms with Crippen molar-refractivity contribution in [2.75, 3.05) is 0 Å². The van der Waals surface area contributed by atoms with Gasteiger partial charge in [-0.2, -0.15) is 0 Å². The van der Waals surface area contributed by atoms with Gasteiger partial charge in [0.05, 0.1) is 11.0 Å². The molecule has 46 heavy (non-hydrogen) atoms. The van der Waals surface area contributed by atoms with Crippen LogP contribution in [0.25, 0.3) is 83.9 Å². The van der Waals surface area contributed by atoms with Gasteiger partial charge in [0.15, 0.2) is 17.5 Å². The molecule has 0 bridgehead atoms. The first-order valence-corrected chi connectivity index (χ1v) is 15.3. The van der Waals surface area contributed by atoms with Crippen molar-refractivity contribution in [3.63, 3.8) is 0 Å². The molecule has 9 aromatic rings. The molecule has 216 valence electrons. The minimum atomic E-state index is 0.631. The summed E-state index contributed by atoms with van der Waals surface area (Å²) in [5.41, 5.74) is 8.04. The lowest BCUT2D eigenvalue weighted by atomic mass is 10.1. The van der Waals surface area contributed by atoms with Crippen LogP contribution in [0.3, 0.4) is 0 Å². The summed E-state index contributed by atoms with van der Waals surface area (Å²) in [6.45, 7) is 0. The first-order valence-electron chi connectivity index (χ1n) is 15.3. The number of hydrogen-bond donors (Lipinski definition) is 0. The molecule has 0 radical (unpaired) electrons. The van der Waals surface area contributed by atoms with Crippen molar-refractivity contribution in [2.24, 2.45) is 0 Å². The quantitative estimate of drug-likeness (QED) is 0.200. The Balaban J connectivity index is 1.21. The zero-order valence-electron chi connectivity index (χ0n) is 24.7. The van der Waals surface area contributed by atoms with E-state index in [0.29, 0.717) is 17.5 Å². The summed E-state index contributed by atoms with van der Waals surface area (Å²) in [6, 6.07) is 53.8. The van der Waals surface area contributed by atoms with Gasteiger partial charge in [0, 0.05) is 44.1 Å². The van der Waals surface area contributed by atoms with Crippen LogP contribution >= 0.6 is 0 Å². The number of rotatable bonds is 5. The highest BCUT2D eigenvalue weighted by Crippen LogP contribution is 2.39. The van der Waals surface area contributed by atoms with Crippen LogP contribution in [0.5, 0.6) is 0 Å². The maximum atomic E-state index is 6.39. The van der Waals surface area contributed by atoms with E-state index in [4.69, 9.17) is 19.4 Å². The number of hydrogen-bond acceptors (Lipinski definition) is 4. The summed E-state index contributed by atoms with van der Waals surface area (Å²) in [4.78, 5) is 14.7. The molecule has 0 saturated heterocycles. The van der Waals surface area contributed by atoms with E-state index >= 15 is 0 Å². The van der Waals surface area contributed by atoms with Crippen molar-refractivity contribution in [3.05, 3.63) is 158 Å². The zero-order chi connectivity index (χ0) is 30.5. The molecule has 0 atom stereocenters. The Bertz CT molecular complexity index is 2440. The van der Waals surface area contributed by atoms with Crippen LogP contribution in [-0.4, -0.2) is 19.5 Å². The van der Waals surface area contributed by atoms with Gasteiger partial charge in [-0.1, -0.05) is 109 Å². The summed E-state index contributed by atoms with van der Waals surface area (Å²) in [5, 5.41) is 3.46. The van der Waals surface area contributed by atoms with Crippen molar-refractivity contribution < 1.29 is 4.42 Å². The summed E-state index contributed by atoms with van der Waals surface area (Å²) < 4.78 is 8.72. The third kappa shape index (κ3) is 4.37. The third-order valence-electron chi connectivity index (χ3n) is 8.47. The van der Waals surface area contributed by atoms with Crippen LogP contribution in [0, 0.1) is 0 Å². The summed E-state index contributed by atoms with van der Waals surface area (Å²) in [7, 11) is 0. The number of benzene rings is 6. The average Bonchev–Trinajstić information content (AvgIpc) is 3.73. The van der Waals surface area contributed by atoms with E-state index < -0.39 is 0 Å². The zero-order valence-corrected chi connectivity index (χ0v) is 24.7. The van der Waals surface area contributed by atoms with Gasteiger partial charge in [0.25, 0.3) is 0 Å². The van der Waals surface area contributed by atoms with Crippen LogP contribution in [-0.2, 0) is 0 Å². The Morgan fingerprint density at radius 3 is 1.54 bits per heavy atom. The van der Waals surface area contributed by atoms with Crippen LogP contribution in [0.15, 0.2) is 162 Å². The maximum absolute atomic E-state index is 6.39. The van der Waals surface area contributed by atoms with E-state index in [9.17, 15) is 0 Å². The topological polar surface area (TPSA) is 56.7 Å². The Morgan fingerprint density at radius 1 is 0.413 bits per heavy atom. The first kappa shape index (κ1) is 26.1. The van der Waals surface area contributed by atoms with Gasteiger partial charge in [-0.05, 0) is 48.5 Å². The highest BCUT2D eigenvalue weighted by Gasteiger charge is 2.18. The largest absolute Gasteiger partial charge is 0.456 e. The Labute approximate surface area is 265 Å². The van der Waals surface area contributed by atoms with Gasteiger partial charge in [-0.3, -0.25) is 0 Å². The third-order valence-corrected chi connectivity index (χ3v) is 8.47. The highest BCUT2D eigenvalue weighted by molar-refractivity contribution is 6.18. The molecule has 0 unspecified atom stereocenters. The normalized spacial score (nSPS) is 11.5. The summed E-state index contributed by atoms with van der Waals surface area (Å²) >= 11 is 0. The molecule has 0 aliphatic heterocycles. The average molecular weight is 591 g/mol. The number of furan rings is 1. The molecule has 0 fully saturated rings. The second-order valence-electron chi connectivity index (χ2n) is 11.3. The fourth-order valence-corrected chi connectivity index (χ4v) is 6.28. The fourth-order valence-electron chi connectivity index (χ4n) is 6.28. The van der Waals surface area contributed by atoms with Crippen LogP contribution in [0.4, 0.5) is 0 Å². The number of para-hydroxylation sites is 1. The van der Waals surface area contributed by atoms with E-state index in [0.717, 1.165) is 55.7 Å². The number of fused-ring (bicyclic) bond motifs is 5. The van der Waals surface area contributed by atoms with Gasteiger partial charge in [0.1, 0.15) is 11.3 Å². The highest BCUT2D eigenvalue weighted by atomic mass is 16.3. The standard InChI is InChI=1S/C41H26N4O/c1-4-12-27(13-5-1)37-26-34-36(46-37)25-24-33-32-18-10-11-19-35(32)45(38(33)34)31-22-20-30(21-23-31)41-43-39(28-14-6-2-7-15-28)42-40(44-41)29-16-8-3-9-17-29/h1-26H. The van der Waals surface area contributed by atoms with Gasteiger partial charge in [-0.25, -0.2) is 15.0 Å². The SMILES string of the molecule is c1ccc(-c2nc(-c3ccccc3)nc(-c3ccc(-n4c5ccccc5c5ccc6oc(-c7ccccc7)cc6c54)cc3)n2)cc1. The Kier molecular flexibility index (Phi) is 6.06. The predicted molar refractivity (Wildman–Crippen MR) is 186 cm³/mol. The van der Waals surface area contributed by atoms with Crippen molar-refractivity contribution >= 4 is 32.8 Å². The molecule has 5 heteroatoms. The molecule has 3 heterocycles. The molecular weight excluding hydrogens is 564 g/mol. The Morgan fingerprint density at radius 2 is 0.935 bits per heavy atom. The van der Waals surface area contributed by atoms with Crippen molar-refractivity contribution in [1.29, 1.82) is 0 Å². The Hall–Kier alpha value is -6.33. The molecular formula is C41H26N4O. The van der Waals surface area contributed by atoms with E-state index in [1.54, 1.807) is 0 Å². The van der Waals surface area contributed by atoms with Crippen LogP contribution in [0.2, 0.25) is 0 Å². The van der Waals surface area contributed by atoms with Crippen molar-refractivity contribution in [1.82, 2.24) is 19.5 Å². The van der Waals surface area contributed by atoms with Gasteiger partial charge in [-0.15, -0.1) is 0 Å². The molecule has 0 saturated carbocycles. The van der Waals surface area contributed by atoms with Crippen LogP contribution in [0.1, 0.15) is 0 Å². The predicted octanol–water partition coefficient (Wildman–Crippen LogP) is 10.4. The molecule has 6 aromatic carbocycles. The molecule has 0 aliphatic rings. The van der Waals surface area contributed by atoms with Crippen molar-refractivity contribution in [3.8, 4) is 51.2 Å². The molecule has 9 rings (SSSR count). The fraction of sp³-hybridized carbons (Fsp3) is 0. The lowest BCUT2D eigenvalue weighted by molar-refractivity contribution is 0.632.